The topological polar surface area (TPSA) is 55.2 Å². The van der Waals surface area contributed by atoms with E-state index in [2.05, 4.69) is 4.98 Å². The zero-order valence-electron chi connectivity index (χ0n) is 11.1. The molecule has 0 bridgehead atoms. The third kappa shape index (κ3) is 4.31. The summed E-state index contributed by atoms with van der Waals surface area (Å²) in [6.07, 6.45) is 7.02. The van der Waals surface area contributed by atoms with Crippen molar-refractivity contribution in [2.45, 2.75) is 39.5 Å². The van der Waals surface area contributed by atoms with Crippen LogP contribution in [0.4, 0.5) is 0 Å². The van der Waals surface area contributed by atoms with Gasteiger partial charge in [0.15, 0.2) is 0 Å². The molecule has 1 rings (SSSR count). The van der Waals surface area contributed by atoms with Crippen LogP contribution in [0.5, 0.6) is 0 Å². The second-order valence-electron chi connectivity index (χ2n) is 4.24. The molecule has 0 unspecified atom stereocenters. The molecule has 0 aliphatic carbocycles. The number of aromatic nitrogens is 2. The number of rotatable bonds is 7. The van der Waals surface area contributed by atoms with Crippen LogP contribution in [-0.4, -0.2) is 39.4 Å². The lowest BCUT2D eigenvalue weighted by molar-refractivity contribution is -0.131. The molecule has 0 aliphatic heterocycles. The lowest BCUT2D eigenvalue weighted by atomic mass is 10.2. The molecule has 0 saturated heterocycles. The lowest BCUT2D eigenvalue weighted by Crippen LogP contribution is -2.32. The number of amides is 1. The Morgan fingerprint density at radius 1 is 1.17 bits per heavy atom. The van der Waals surface area contributed by atoms with E-state index >= 15 is 0 Å². The lowest BCUT2D eigenvalue weighted by Gasteiger charge is -2.21. The van der Waals surface area contributed by atoms with E-state index in [0.29, 0.717) is 0 Å². The van der Waals surface area contributed by atoms with Crippen LogP contribution in [0.25, 0.3) is 0 Å². The van der Waals surface area contributed by atoms with Gasteiger partial charge in [-0.15, -0.1) is 0 Å². The van der Waals surface area contributed by atoms with E-state index in [1.54, 1.807) is 12.4 Å². The average molecular weight is 251 g/mol. The molecule has 0 N–H and O–H groups in total. The van der Waals surface area contributed by atoms with Crippen molar-refractivity contribution >= 4 is 11.8 Å². The third-order valence-corrected chi connectivity index (χ3v) is 2.68. The SMILES string of the molecule is CCCN(CCC)C(=O)CCC(=O)n1ccnc1. The predicted molar refractivity (Wildman–Crippen MR) is 69.2 cm³/mol. The van der Waals surface area contributed by atoms with E-state index in [0.717, 1.165) is 25.9 Å². The number of carbonyl (C=O) groups excluding carboxylic acids is 2. The number of imidazole rings is 1. The van der Waals surface area contributed by atoms with Crippen molar-refractivity contribution in [3.05, 3.63) is 18.7 Å². The van der Waals surface area contributed by atoms with Gasteiger partial charge >= 0.3 is 0 Å². The molecular formula is C13H21N3O2. The normalized spacial score (nSPS) is 10.3. The molecule has 0 aromatic carbocycles. The third-order valence-electron chi connectivity index (χ3n) is 2.68. The van der Waals surface area contributed by atoms with E-state index in [9.17, 15) is 9.59 Å². The summed E-state index contributed by atoms with van der Waals surface area (Å²) >= 11 is 0. The van der Waals surface area contributed by atoms with Crippen molar-refractivity contribution in [2.24, 2.45) is 0 Å². The monoisotopic (exact) mass is 251 g/mol. The summed E-state index contributed by atoms with van der Waals surface area (Å²) in [5.41, 5.74) is 0. The summed E-state index contributed by atoms with van der Waals surface area (Å²) in [5, 5.41) is 0. The fourth-order valence-electron chi connectivity index (χ4n) is 1.81. The zero-order valence-corrected chi connectivity index (χ0v) is 11.1. The fraction of sp³-hybridized carbons (Fsp3) is 0.615. The van der Waals surface area contributed by atoms with Crippen molar-refractivity contribution in [1.82, 2.24) is 14.5 Å². The molecule has 1 heterocycles. The maximum atomic E-state index is 11.9. The number of nitrogens with zero attached hydrogens (tertiary/aromatic N) is 3. The van der Waals surface area contributed by atoms with Gasteiger partial charge in [0.1, 0.15) is 6.33 Å². The molecule has 1 aromatic heterocycles. The van der Waals surface area contributed by atoms with E-state index < -0.39 is 0 Å². The molecule has 0 fully saturated rings. The Labute approximate surface area is 108 Å². The smallest absolute Gasteiger partial charge is 0.232 e. The highest BCUT2D eigenvalue weighted by Gasteiger charge is 2.14. The number of carbonyl (C=O) groups is 2. The minimum absolute atomic E-state index is 0.0622. The average Bonchev–Trinajstić information content (AvgIpc) is 2.89. The van der Waals surface area contributed by atoms with Gasteiger partial charge in [-0.25, -0.2) is 4.98 Å². The minimum atomic E-state index is -0.0891. The van der Waals surface area contributed by atoms with Crippen LogP contribution in [-0.2, 0) is 4.79 Å². The van der Waals surface area contributed by atoms with E-state index in [4.69, 9.17) is 0 Å². The van der Waals surface area contributed by atoms with Crippen LogP contribution in [0.3, 0.4) is 0 Å². The van der Waals surface area contributed by atoms with Gasteiger partial charge in [-0.05, 0) is 12.8 Å². The fourth-order valence-corrected chi connectivity index (χ4v) is 1.81. The second-order valence-corrected chi connectivity index (χ2v) is 4.24. The van der Waals surface area contributed by atoms with Gasteiger partial charge in [0, 0.05) is 38.3 Å². The summed E-state index contributed by atoms with van der Waals surface area (Å²) in [6, 6.07) is 0. The molecule has 18 heavy (non-hydrogen) atoms. The van der Waals surface area contributed by atoms with Gasteiger partial charge in [0.05, 0.1) is 0 Å². The highest BCUT2D eigenvalue weighted by molar-refractivity contribution is 5.85. The number of hydrogen-bond acceptors (Lipinski definition) is 3. The zero-order chi connectivity index (χ0) is 13.4. The van der Waals surface area contributed by atoms with E-state index in [1.807, 2.05) is 18.7 Å². The summed E-state index contributed by atoms with van der Waals surface area (Å²) in [7, 11) is 0. The Morgan fingerprint density at radius 3 is 2.33 bits per heavy atom. The first-order valence-electron chi connectivity index (χ1n) is 6.48. The first kappa shape index (κ1) is 14.4. The highest BCUT2D eigenvalue weighted by Crippen LogP contribution is 2.03. The van der Waals surface area contributed by atoms with Crippen LogP contribution in [0.1, 0.15) is 44.3 Å². The standard InChI is InChI=1S/C13H21N3O2/c1-3-8-15(9-4-2)12(17)5-6-13(18)16-10-7-14-11-16/h7,10-11H,3-6,8-9H2,1-2H3. The predicted octanol–water partition coefficient (Wildman–Crippen LogP) is 1.95. The van der Waals surface area contributed by atoms with Crippen LogP contribution in [0, 0.1) is 0 Å². The Kier molecular flexibility index (Phi) is 6.11. The Morgan fingerprint density at radius 2 is 1.83 bits per heavy atom. The molecule has 0 atom stereocenters. The molecule has 1 amide bonds. The van der Waals surface area contributed by atoms with Crippen molar-refractivity contribution in [2.75, 3.05) is 13.1 Å². The van der Waals surface area contributed by atoms with Crippen LogP contribution >= 0.6 is 0 Å². The summed E-state index contributed by atoms with van der Waals surface area (Å²) in [6.45, 7) is 5.64. The van der Waals surface area contributed by atoms with Gasteiger partial charge < -0.3 is 4.90 Å². The molecule has 0 saturated carbocycles. The van der Waals surface area contributed by atoms with Crippen LogP contribution in [0.2, 0.25) is 0 Å². The molecular weight excluding hydrogens is 230 g/mol. The maximum absolute atomic E-state index is 11.9. The molecule has 0 spiro atoms. The molecule has 5 nitrogen and oxygen atoms in total. The molecule has 100 valence electrons. The van der Waals surface area contributed by atoms with Crippen molar-refractivity contribution in [1.29, 1.82) is 0 Å². The van der Waals surface area contributed by atoms with Crippen molar-refractivity contribution in [3.8, 4) is 0 Å². The van der Waals surface area contributed by atoms with Gasteiger partial charge in [-0.1, -0.05) is 13.8 Å². The van der Waals surface area contributed by atoms with Crippen LogP contribution < -0.4 is 0 Å². The number of hydrogen-bond donors (Lipinski definition) is 0. The molecule has 1 aromatic rings. The van der Waals surface area contributed by atoms with Gasteiger partial charge in [-0.2, -0.15) is 0 Å². The van der Waals surface area contributed by atoms with E-state index in [1.165, 1.54) is 10.9 Å². The van der Waals surface area contributed by atoms with Crippen molar-refractivity contribution < 1.29 is 9.59 Å². The first-order chi connectivity index (χ1) is 8.69. The summed E-state index contributed by atoms with van der Waals surface area (Å²) in [5.74, 6) is -0.0269. The Bertz CT molecular complexity index is 368. The minimum Gasteiger partial charge on any atom is -0.343 e. The van der Waals surface area contributed by atoms with E-state index in [-0.39, 0.29) is 24.7 Å². The van der Waals surface area contributed by atoms with Crippen LogP contribution in [0.15, 0.2) is 18.7 Å². The van der Waals surface area contributed by atoms with Gasteiger partial charge in [-0.3, -0.25) is 14.2 Å². The molecule has 0 radical (unpaired) electrons. The quantitative estimate of drug-likeness (QED) is 0.744. The molecule has 5 heteroatoms. The van der Waals surface area contributed by atoms with Crippen molar-refractivity contribution in [3.63, 3.8) is 0 Å². The van der Waals surface area contributed by atoms with Gasteiger partial charge in [0.25, 0.3) is 0 Å². The largest absolute Gasteiger partial charge is 0.343 e. The second kappa shape index (κ2) is 7.63. The Hall–Kier alpha value is -1.65. The van der Waals surface area contributed by atoms with Gasteiger partial charge in [0.2, 0.25) is 11.8 Å². The summed E-state index contributed by atoms with van der Waals surface area (Å²) < 4.78 is 1.41. The first-order valence-corrected chi connectivity index (χ1v) is 6.48. The Balaban J connectivity index is 2.41. The molecule has 0 aliphatic rings. The maximum Gasteiger partial charge on any atom is 0.232 e. The highest BCUT2D eigenvalue weighted by atomic mass is 16.2. The summed E-state index contributed by atoms with van der Waals surface area (Å²) in [4.78, 5) is 29.3.